The summed E-state index contributed by atoms with van der Waals surface area (Å²) in [6.07, 6.45) is 4.54. The normalized spacial score (nSPS) is 9.83. The molecular weight excluding hydrogens is 236 g/mol. The monoisotopic (exact) mass is 252 g/mol. The molecule has 0 fully saturated rings. The molecule has 0 saturated heterocycles. The molecular formula is C11H16N4O3. The molecule has 1 N–H and O–H groups in total. The minimum Gasteiger partial charge on any atom is -0.473 e. The van der Waals surface area contributed by atoms with E-state index >= 15 is 0 Å². The van der Waals surface area contributed by atoms with Gasteiger partial charge in [-0.1, -0.05) is 6.08 Å². The third-order valence-corrected chi connectivity index (χ3v) is 2.11. The van der Waals surface area contributed by atoms with E-state index in [1.807, 2.05) is 6.92 Å². The Balaban J connectivity index is 2.85. The standard InChI is InChI=1S/C11H16N4O3/c1-3-5-6-7-18-11-9(15(16)17)10(12-4-2)13-8-14-11/h3,8H,1,4-7H2,2H3,(H,12,13,14). The summed E-state index contributed by atoms with van der Waals surface area (Å²) in [6, 6.07) is 0. The van der Waals surface area contributed by atoms with E-state index in [9.17, 15) is 10.1 Å². The maximum Gasteiger partial charge on any atom is 0.372 e. The van der Waals surface area contributed by atoms with Crippen molar-refractivity contribution in [2.45, 2.75) is 19.8 Å². The molecule has 0 radical (unpaired) electrons. The highest BCUT2D eigenvalue weighted by Crippen LogP contribution is 2.30. The summed E-state index contributed by atoms with van der Waals surface area (Å²) in [5.41, 5.74) is -0.224. The SMILES string of the molecule is C=CCCCOc1ncnc(NCC)c1[N+](=O)[O-]. The lowest BCUT2D eigenvalue weighted by Gasteiger charge is -2.07. The zero-order valence-electron chi connectivity index (χ0n) is 10.3. The third kappa shape index (κ3) is 3.69. The van der Waals surface area contributed by atoms with E-state index in [1.165, 1.54) is 6.33 Å². The van der Waals surface area contributed by atoms with Crippen LogP contribution in [-0.4, -0.2) is 28.0 Å². The minimum absolute atomic E-state index is 0.00462. The van der Waals surface area contributed by atoms with Gasteiger partial charge in [0.1, 0.15) is 6.33 Å². The van der Waals surface area contributed by atoms with Crippen LogP contribution in [0.4, 0.5) is 11.5 Å². The second kappa shape index (κ2) is 7.21. The van der Waals surface area contributed by atoms with Crippen LogP contribution in [-0.2, 0) is 0 Å². The fraction of sp³-hybridized carbons (Fsp3) is 0.455. The van der Waals surface area contributed by atoms with E-state index in [2.05, 4.69) is 21.9 Å². The summed E-state index contributed by atoms with van der Waals surface area (Å²) in [6.45, 7) is 6.31. The van der Waals surface area contributed by atoms with E-state index < -0.39 is 4.92 Å². The maximum absolute atomic E-state index is 11.0. The van der Waals surface area contributed by atoms with Gasteiger partial charge in [-0.3, -0.25) is 10.1 Å². The van der Waals surface area contributed by atoms with Crippen LogP contribution in [0.5, 0.6) is 5.88 Å². The van der Waals surface area contributed by atoms with Gasteiger partial charge in [-0.15, -0.1) is 6.58 Å². The van der Waals surface area contributed by atoms with Crippen molar-refractivity contribution >= 4 is 11.5 Å². The van der Waals surface area contributed by atoms with Gasteiger partial charge < -0.3 is 10.1 Å². The average molecular weight is 252 g/mol. The van der Waals surface area contributed by atoms with Crippen molar-refractivity contribution < 1.29 is 9.66 Å². The highest BCUT2D eigenvalue weighted by Gasteiger charge is 2.23. The van der Waals surface area contributed by atoms with Crippen LogP contribution in [0.25, 0.3) is 0 Å². The molecule has 7 nitrogen and oxygen atoms in total. The predicted octanol–water partition coefficient (Wildman–Crippen LogP) is 2.16. The number of nitrogens with zero attached hydrogens (tertiary/aromatic N) is 3. The Morgan fingerprint density at radius 2 is 2.39 bits per heavy atom. The lowest BCUT2D eigenvalue weighted by atomic mass is 10.3. The zero-order chi connectivity index (χ0) is 13.4. The van der Waals surface area contributed by atoms with Gasteiger partial charge in [-0.2, -0.15) is 4.98 Å². The van der Waals surface area contributed by atoms with Gasteiger partial charge in [-0.05, 0) is 19.8 Å². The molecule has 98 valence electrons. The molecule has 0 aliphatic heterocycles. The lowest BCUT2D eigenvalue weighted by Crippen LogP contribution is -2.08. The average Bonchev–Trinajstić information content (AvgIpc) is 2.35. The number of ether oxygens (including phenoxy) is 1. The molecule has 7 heteroatoms. The summed E-state index contributed by atoms with van der Waals surface area (Å²) in [4.78, 5) is 18.1. The van der Waals surface area contributed by atoms with Crippen LogP contribution >= 0.6 is 0 Å². The topological polar surface area (TPSA) is 90.2 Å². The minimum atomic E-state index is -0.541. The first-order valence-electron chi connectivity index (χ1n) is 5.67. The molecule has 1 aromatic heterocycles. The van der Waals surface area contributed by atoms with Gasteiger partial charge in [0.2, 0.25) is 5.82 Å². The Labute approximate surface area is 105 Å². The fourth-order valence-electron chi connectivity index (χ4n) is 1.33. The fourth-order valence-corrected chi connectivity index (χ4v) is 1.33. The first-order valence-corrected chi connectivity index (χ1v) is 5.67. The van der Waals surface area contributed by atoms with Gasteiger partial charge in [0, 0.05) is 6.54 Å². The molecule has 1 heterocycles. The smallest absolute Gasteiger partial charge is 0.372 e. The first-order chi connectivity index (χ1) is 8.70. The van der Waals surface area contributed by atoms with Crippen molar-refractivity contribution in [3.05, 3.63) is 29.1 Å². The molecule has 18 heavy (non-hydrogen) atoms. The lowest BCUT2D eigenvalue weighted by molar-refractivity contribution is -0.385. The molecule has 0 unspecified atom stereocenters. The molecule has 0 bridgehead atoms. The molecule has 0 aromatic carbocycles. The van der Waals surface area contributed by atoms with Crippen molar-refractivity contribution in [1.82, 2.24) is 9.97 Å². The van der Waals surface area contributed by atoms with Crippen molar-refractivity contribution in [1.29, 1.82) is 0 Å². The number of aromatic nitrogens is 2. The second-order valence-electron chi connectivity index (χ2n) is 3.44. The predicted molar refractivity (Wildman–Crippen MR) is 67.8 cm³/mol. The number of nitro groups is 1. The number of allylic oxidation sites excluding steroid dienone is 1. The number of nitrogens with one attached hydrogen (secondary N) is 1. The summed E-state index contributed by atoms with van der Waals surface area (Å²) >= 11 is 0. The summed E-state index contributed by atoms with van der Waals surface area (Å²) in [5, 5.41) is 13.8. The van der Waals surface area contributed by atoms with Crippen molar-refractivity contribution in [3.63, 3.8) is 0 Å². The number of rotatable bonds is 8. The Morgan fingerprint density at radius 3 is 3.00 bits per heavy atom. The van der Waals surface area contributed by atoms with Crippen LogP contribution in [0.1, 0.15) is 19.8 Å². The van der Waals surface area contributed by atoms with E-state index in [0.29, 0.717) is 13.2 Å². The summed E-state index contributed by atoms with van der Waals surface area (Å²) in [7, 11) is 0. The van der Waals surface area contributed by atoms with Crippen molar-refractivity contribution in [2.24, 2.45) is 0 Å². The van der Waals surface area contributed by atoms with Gasteiger partial charge in [-0.25, -0.2) is 4.98 Å². The van der Waals surface area contributed by atoms with Gasteiger partial charge in [0.15, 0.2) is 0 Å². The maximum atomic E-state index is 11.0. The summed E-state index contributed by atoms with van der Waals surface area (Å²) < 4.78 is 5.31. The quantitative estimate of drug-likeness (QED) is 0.330. The molecule has 1 rings (SSSR count). The van der Waals surface area contributed by atoms with E-state index in [-0.39, 0.29) is 17.4 Å². The van der Waals surface area contributed by atoms with Crippen molar-refractivity contribution in [3.8, 4) is 5.88 Å². The van der Waals surface area contributed by atoms with Gasteiger partial charge >= 0.3 is 5.69 Å². The summed E-state index contributed by atoms with van der Waals surface area (Å²) in [5.74, 6) is 0.172. The van der Waals surface area contributed by atoms with Crippen LogP contribution in [0, 0.1) is 10.1 Å². The van der Waals surface area contributed by atoms with Crippen molar-refractivity contribution in [2.75, 3.05) is 18.5 Å². The van der Waals surface area contributed by atoms with Gasteiger partial charge in [0.25, 0.3) is 5.88 Å². The third-order valence-electron chi connectivity index (χ3n) is 2.11. The molecule has 0 amide bonds. The van der Waals surface area contributed by atoms with E-state index in [1.54, 1.807) is 6.08 Å². The number of hydrogen-bond acceptors (Lipinski definition) is 6. The zero-order valence-corrected chi connectivity index (χ0v) is 10.3. The Morgan fingerprint density at radius 1 is 1.61 bits per heavy atom. The molecule has 0 saturated carbocycles. The largest absolute Gasteiger partial charge is 0.473 e. The molecule has 0 atom stereocenters. The van der Waals surface area contributed by atoms with Gasteiger partial charge in [0.05, 0.1) is 11.5 Å². The van der Waals surface area contributed by atoms with Crippen LogP contribution in [0.3, 0.4) is 0 Å². The molecule has 0 spiro atoms. The second-order valence-corrected chi connectivity index (χ2v) is 3.44. The molecule has 0 aliphatic carbocycles. The number of anilines is 1. The Hall–Kier alpha value is -2.18. The highest BCUT2D eigenvalue weighted by molar-refractivity contribution is 5.60. The molecule has 1 aromatic rings. The number of hydrogen-bond donors (Lipinski definition) is 1. The number of unbranched alkanes of at least 4 members (excludes halogenated alkanes) is 1. The Kier molecular flexibility index (Phi) is 5.56. The van der Waals surface area contributed by atoms with Crippen LogP contribution in [0.15, 0.2) is 19.0 Å². The van der Waals surface area contributed by atoms with Crippen LogP contribution in [0.2, 0.25) is 0 Å². The highest BCUT2D eigenvalue weighted by atomic mass is 16.6. The Bertz CT molecular complexity index is 423. The first kappa shape index (κ1) is 13.9. The van der Waals surface area contributed by atoms with Crippen LogP contribution < -0.4 is 10.1 Å². The molecule has 0 aliphatic rings. The van der Waals surface area contributed by atoms with E-state index in [0.717, 1.165) is 12.8 Å². The van der Waals surface area contributed by atoms with E-state index in [4.69, 9.17) is 4.74 Å².